The van der Waals surface area contributed by atoms with Gasteiger partial charge in [-0.2, -0.15) is 0 Å². The Morgan fingerprint density at radius 2 is 1.78 bits per heavy atom. The Bertz CT molecular complexity index is 2520. The highest BCUT2D eigenvalue weighted by atomic mass is 16.3. The number of aryl methyl sites for hydroxylation is 3. The highest BCUT2D eigenvalue weighted by molar-refractivity contribution is 6.09. The lowest BCUT2D eigenvalue weighted by atomic mass is 10.1. The molecular formula is C37H31N9O5. The van der Waals surface area contributed by atoms with Crippen molar-refractivity contribution in [2.45, 2.75) is 19.3 Å². The van der Waals surface area contributed by atoms with Crippen molar-refractivity contribution < 1.29 is 18.8 Å². The van der Waals surface area contributed by atoms with E-state index in [1.807, 2.05) is 24.4 Å². The molecule has 0 radical (unpaired) electrons. The average molecular weight is 682 g/mol. The van der Waals surface area contributed by atoms with Gasteiger partial charge in [-0.25, -0.2) is 19.6 Å². The molecule has 1 saturated heterocycles. The quantitative estimate of drug-likeness (QED) is 0.258. The van der Waals surface area contributed by atoms with Crippen LogP contribution in [-0.2, 0) is 25.3 Å². The number of amides is 4. The number of fused-ring (bicyclic) bond motifs is 3. The monoisotopic (exact) mass is 681 g/mol. The van der Waals surface area contributed by atoms with Gasteiger partial charge in [0.05, 0.1) is 40.8 Å². The maximum Gasteiger partial charge on any atom is 0.328 e. The Morgan fingerprint density at radius 1 is 0.922 bits per heavy atom. The number of hydrogen-bond donors (Lipinski definition) is 2. The predicted molar refractivity (Wildman–Crippen MR) is 190 cm³/mol. The van der Waals surface area contributed by atoms with Crippen LogP contribution in [0, 0.1) is 11.8 Å². The summed E-state index contributed by atoms with van der Waals surface area (Å²) in [5, 5.41) is 5.78. The van der Waals surface area contributed by atoms with E-state index in [-0.39, 0.29) is 42.7 Å². The average Bonchev–Trinajstić information content (AvgIpc) is 3.66. The number of nitrogens with one attached hydrogen (secondary N) is 2. The summed E-state index contributed by atoms with van der Waals surface area (Å²) in [7, 11) is 3.55. The van der Waals surface area contributed by atoms with Gasteiger partial charge in [-0.15, -0.1) is 0 Å². The van der Waals surface area contributed by atoms with Crippen LogP contribution in [0.2, 0.25) is 0 Å². The van der Waals surface area contributed by atoms with Gasteiger partial charge in [-0.3, -0.25) is 33.9 Å². The third kappa shape index (κ3) is 5.74. The number of rotatable bonds is 5. The van der Waals surface area contributed by atoms with Gasteiger partial charge in [0, 0.05) is 62.0 Å². The van der Waals surface area contributed by atoms with E-state index in [2.05, 4.69) is 37.3 Å². The van der Waals surface area contributed by atoms with Gasteiger partial charge in [-0.1, -0.05) is 11.8 Å². The molecule has 6 aromatic rings. The Balaban J connectivity index is 0.926. The minimum atomic E-state index is -0.495. The van der Waals surface area contributed by atoms with Crippen molar-refractivity contribution in [3.63, 3.8) is 0 Å². The molecule has 4 aromatic heterocycles. The Kier molecular flexibility index (Phi) is 7.79. The number of aromatic nitrogens is 5. The second-order valence-electron chi connectivity index (χ2n) is 12.4. The number of urea groups is 1. The van der Waals surface area contributed by atoms with E-state index >= 15 is 0 Å². The fourth-order valence-corrected chi connectivity index (χ4v) is 6.53. The van der Waals surface area contributed by atoms with Crippen LogP contribution >= 0.6 is 0 Å². The molecule has 0 saturated carbocycles. The van der Waals surface area contributed by atoms with Gasteiger partial charge < -0.3 is 14.6 Å². The van der Waals surface area contributed by atoms with E-state index in [1.54, 1.807) is 59.8 Å². The minimum absolute atomic E-state index is 0.0666. The van der Waals surface area contributed by atoms with Crippen LogP contribution in [0.5, 0.6) is 0 Å². The van der Waals surface area contributed by atoms with Gasteiger partial charge >= 0.3 is 11.7 Å². The molecule has 254 valence electrons. The van der Waals surface area contributed by atoms with Crippen LogP contribution in [0.15, 0.2) is 76.4 Å². The van der Waals surface area contributed by atoms with Gasteiger partial charge in [0.1, 0.15) is 17.5 Å². The molecular weight excluding hydrogens is 650 g/mol. The second kappa shape index (κ2) is 12.6. The van der Waals surface area contributed by atoms with Crippen molar-refractivity contribution in [1.29, 1.82) is 0 Å². The maximum absolute atomic E-state index is 12.8. The summed E-state index contributed by atoms with van der Waals surface area (Å²) < 4.78 is 8.89. The summed E-state index contributed by atoms with van der Waals surface area (Å²) in [6.45, 7) is 1.15. The molecule has 1 fully saturated rings. The largest absolute Gasteiger partial charge is 0.462 e. The SMILES string of the molecule is Cn1c(=O)n(C)c2cc(N3CCCc4nc(-c5ccc(C(=O)NCC#Cc6ccc7occ(N8CCC(=O)NC8=O)c7c6)nc5)ncc43)ccc21. The van der Waals surface area contributed by atoms with Crippen LogP contribution < -0.4 is 26.1 Å². The molecule has 2 N–H and O–H groups in total. The van der Waals surface area contributed by atoms with E-state index in [1.165, 1.54) is 11.2 Å². The number of carbonyl (C=O) groups is 3. The molecule has 0 unspecified atom stereocenters. The lowest BCUT2D eigenvalue weighted by molar-refractivity contribution is -0.120. The normalized spacial score (nSPS) is 14.3. The highest BCUT2D eigenvalue weighted by Gasteiger charge is 2.27. The van der Waals surface area contributed by atoms with Crippen molar-refractivity contribution in [3.8, 4) is 23.2 Å². The Morgan fingerprint density at radius 3 is 2.61 bits per heavy atom. The summed E-state index contributed by atoms with van der Waals surface area (Å²) in [5.41, 5.74) is 7.22. The highest BCUT2D eigenvalue weighted by Crippen LogP contribution is 2.35. The van der Waals surface area contributed by atoms with Crippen LogP contribution in [0.25, 0.3) is 33.4 Å². The number of anilines is 3. The summed E-state index contributed by atoms with van der Waals surface area (Å²) in [5.74, 6) is 5.82. The summed E-state index contributed by atoms with van der Waals surface area (Å²) >= 11 is 0. The van der Waals surface area contributed by atoms with Crippen LogP contribution in [0.3, 0.4) is 0 Å². The first kappa shape index (κ1) is 31.5. The van der Waals surface area contributed by atoms with Crippen molar-refractivity contribution in [2.24, 2.45) is 14.1 Å². The molecule has 2 aromatic carbocycles. The number of nitrogens with zero attached hydrogens (tertiary/aromatic N) is 7. The number of furan rings is 1. The topological polar surface area (TPSA) is 160 Å². The van der Waals surface area contributed by atoms with E-state index in [0.717, 1.165) is 47.5 Å². The fraction of sp³-hybridized carbons (Fsp3) is 0.216. The zero-order chi connectivity index (χ0) is 35.2. The molecule has 2 aliphatic heterocycles. The summed E-state index contributed by atoms with van der Waals surface area (Å²) in [6, 6.07) is 14.3. The van der Waals surface area contributed by atoms with Gasteiger partial charge in [0.2, 0.25) is 5.91 Å². The molecule has 6 heterocycles. The second-order valence-corrected chi connectivity index (χ2v) is 12.4. The first-order valence-electron chi connectivity index (χ1n) is 16.4. The third-order valence-corrected chi connectivity index (χ3v) is 9.22. The Hall–Kier alpha value is -6.75. The fourth-order valence-electron chi connectivity index (χ4n) is 6.53. The van der Waals surface area contributed by atoms with Crippen LogP contribution in [0.4, 0.5) is 21.9 Å². The summed E-state index contributed by atoms with van der Waals surface area (Å²) in [4.78, 5) is 66.7. The van der Waals surface area contributed by atoms with E-state index in [0.29, 0.717) is 33.6 Å². The number of carbonyl (C=O) groups excluding carboxylic acids is 3. The number of hydrogen-bond acceptors (Lipinski definition) is 9. The standard InChI is InChI=1S/C37H31N9O5/c1-43-28-11-9-24(18-29(28)44(2)37(43)50)45-15-4-6-26-30(45)20-40-34(41-26)23-8-10-27(39-19-23)35(48)38-14-3-5-22-7-12-32-25(17-22)31(21-51-32)46-16-13-33(47)42-36(46)49/h7-12,17-21H,4,6,13-16H2,1-2H3,(H,38,48)(H,42,47,49). The van der Waals surface area contributed by atoms with Crippen molar-refractivity contribution >= 4 is 56.9 Å². The number of imidazole rings is 1. The van der Waals surface area contributed by atoms with Gasteiger partial charge in [-0.05, 0) is 61.4 Å². The lowest BCUT2D eigenvalue weighted by Crippen LogP contribution is -2.49. The third-order valence-electron chi connectivity index (χ3n) is 9.22. The van der Waals surface area contributed by atoms with E-state index < -0.39 is 6.03 Å². The van der Waals surface area contributed by atoms with Crippen molar-refractivity contribution in [1.82, 2.24) is 34.7 Å². The zero-order valence-electron chi connectivity index (χ0n) is 27.8. The Labute approximate surface area is 290 Å². The summed E-state index contributed by atoms with van der Waals surface area (Å²) in [6.07, 6.45) is 6.81. The zero-order valence-corrected chi connectivity index (χ0v) is 27.8. The van der Waals surface area contributed by atoms with Gasteiger partial charge in [0.15, 0.2) is 5.82 Å². The molecule has 14 heteroatoms. The molecule has 0 bridgehead atoms. The molecule has 0 spiro atoms. The molecule has 51 heavy (non-hydrogen) atoms. The molecule has 14 nitrogen and oxygen atoms in total. The predicted octanol–water partition coefficient (Wildman–Crippen LogP) is 3.79. The van der Waals surface area contributed by atoms with Crippen LogP contribution in [0.1, 0.15) is 34.6 Å². The van der Waals surface area contributed by atoms with Crippen molar-refractivity contribution in [3.05, 3.63) is 94.6 Å². The number of benzene rings is 2. The molecule has 4 amide bonds. The smallest absolute Gasteiger partial charge is 0.328 e. The van der Waals surface area contributed by atoms with E-state index in [4.69, 9.17) is 9.40 Å². The molecule has 0 atom stereocenters. The lowest BCUT2D eigenvalue weighted by Gasteiger charge is -2.30. The van der Waals surface area contributed by atoms with Crippen LogP contribution in [-0.4, -0.2) is 61.6 Å². The molecule has 2 aliphatic rings. The first-order chi connectivity index (χ1) is 24.7. The first-order valence-corrected chi connectivity index (χ1v) is 16.4. The number of imide groups is 1. The van der Waals surface area contributed by atoms with Crippen molar-refractivity contribution in [2.75, 3.05) is 29.4 Å². The number of pyridine rings is 1. The minimum Gasteiger partial charge on any atom is -0.462 e. The molecule has 0 aliphatic carbocycles. The molecule has 8 rings (SSSR count). The van der Waals surface area contributed by atoms with E-state index in [9.17, 15) is 19.2 Å². The maximum atomic E-state index is 12.8. The van der Waals surface area contributed by atoms with Gasteiger partial charge in [0.25, 0.3) is 5.91 Å².